The predicted octanol–water partition coefficient (Wildman–Crippen LogP) is 2.45. The van der Waals surface area contributed by atoms with Crippen LogP contribution in [0.25, 0.3) is 0 Å². The van der Waals surface area contributed by atoms with E-state index in [1.54, 1.807) is 0 Å². The Morgan fingerprint density at radius 2 is 1.10 bits per heavy atom. The molecule has 0 radical (unpaired) electrons. The van der Waals surface area contributed by atoms with Gasteiger partial charge in [-0.1, -0.05) is 0 Å². The predicted molar refractivity (Wildman–Crippen MR) is 77.6 cm³/mol. The Morgan fingerprint density at radius 3 is 1.45 bits per heavy atom. The van der Waals surface area contributed by atoms with Crippen LogP contribution in [0.1, 0.15) is 31.8 Å². The summed E-state index contributed by atoms with van der Waals surface area (Å²) < 4.78 is 0. The van der Waals surface area contributed by atoms with Gasteiger partial charge in [-0.3, -0.25) is 9.59 Å². The molecule has 1 aliphatic rings. The number of rotatable bonds is 0. The van der Waals surface area contributed by atoms with Crippen molar-refractivity contribution < 1.29 is 19.8 Å². The molecule has 0 saturated carbocycles. The van der Waals surface area contributed by atoms with Crippen LogP contribution in [0.15, 0.2) is 34.1 Å². The van der Waals surface area contributed by atoms with Crippen LogP contribution < -0.4 is 0 Å². The van der Waals surface area contributed by atoms with E-state index in [0.29, 0.717) is 9.79 Å². The minimum absolute atomic E-state index is 0.145. The smallest absolute Gasteiger partial charge is 0.198 e. The molecule has 2 N–H and O–H groups in total. The summed E-state index contributed by atoms with van der Waals surface area (Å²) in [7, 11) is 0. The van der Waals surface area contributed by atoms with Crippen molar-refractivity contribution in [3.63, 3.8) is 0 Å². The monoisotopic (exact) mass is 304 g/mol. The average molecular weight is 304 g/mol. The number of fused-ring (bicyclic) bond motifs is 2. The van der Waals surface area contributed by atoms with Gasteiger partial charge >= 0.3 is 0 Å². The molecule has 6 heteroatoms. The van der Waals surface area contributed by atoms with E-state index in [1.807, 2.05) is 0 Å². The molecule has 100 valence electrons. The maximum atomic E-state index is 12.4. The first-order chi connectivity index (χ1) is 9.41. The summed E-state index contributed by atoms with van der Waals surface area (Å²) in [6.07, 6.45) is 0. The Hall–Kier alpha value is -1.92. The number of benzene rings is 2. The maximum Gasteiger partial charge on any atom is 0.198 e. The van der Waals surface area contributed by atoms with Gasteiger partial charge < -0.3 is 10.2 Å². The Morgan fingerprint density at radius 1 is 0.750 bits per heavy atom. The molecular formula is C14H8O4S2. The van der Waals surface area contributed by atoms with Crippen molar-refractivity contribution in [3.8, 4) is 11.5 Å². The van der Waals surface area contributed by atoms with E-state index in [4.69, 9.17) is 0 Å². The van der Waals surface area contributed by atoms with E-state index in [9.17, 15) is 19.8 Å². The van der Waals surface area contributed by atoms with Gasteiger partial charge in [-0.2, -0.15) is 0 Å². The number of carbonyl (C=O) groups excluding carboxylic acids is 2. The van der Waals surface area contributed by atoms with Crippen LogP contribution in [0, 0.1) is 0 Å². The van der Waals surface area contributed by atoms with Gasteiger partial charge in [-0.05, 0) is 24.3 Å². The Balaban J connectivity index is 2.40. The summed E-state index contributed by atoms with van der Waals surface area (Å²) in [6.45, 7) is 0. The lowest BCUT2D eigenvalue weighted by atomic mass is 9.83. The van der Waals surface area contributed by atoms with Crippen LogP contribution >= 0.6 is 25.3 Å². The van der Waals surface area contributed by atoms with Crippen LogP contribution in [0.2, 0.25) is 0 Å². The van der Waals surface area contributed by atoms with Gasteiger partial charge in [0.25, 0.3) is 0 Å². The minimum atomic E-state index is -0.522. The van der Waals surface area contributed by atoms with Crippen molar-refractivity contribution >= 4 is 36.8 Å². The molecule has 0 spiro atoms. The third-order valence-electron chi connectivity index (χ3n) is 3.22. The second kappa shape index (κ2) is 4.29. The summed E-state index contributed by atoms with van der Waals surface area (Å²) in [6, 6.07) is 5.23. The number of hydrogen-bond donors (Lipinski definition) is 4. The molecule has 1 aliphatic carbocycles. The van der Waals surface area contributed by atoms with Crippen LogP contribution in [0.5, 0.6) is 11.5 Å². The number of carbonyl (C=O) groups is 2. The fourth-order valence-corrected chi connectivity index (χ4v) is 2.65. The highest BCUT2D eigenvalue weighted by atomic mass is 32.1. The first kappa shape index (κ1) is 13.1. The molecule has 2 aromatic carbocycles. The molecule has 0 atom stereocenters. The molecule has 2 aromatic rings. The summed E-state index contributed by atoms with van der Waals surface area (Å²) in [5.74, 6) is -1.71. The van der Waals surface area contributed by atoms with Crippen molar-refractivity contribution in [1.29, 1.82) is 0 Å². The van der Waals surface area contributed by atoms with Gasteiger partial charge in [0.15, 0.2) is 11.6 Å². The number of hydrogen-bond acceptors (Lipinski definition) is 6. The maximum absolute atomic E-state index is 12.4. The first-order valence-electron chi connectivity index (χ1n) is 5.62. The fraction of sp³-hybridized carbons (Fsp3) is 0. The van der Waals surface area contributed by atoms with Crippen molar-refractivity contribution in [1.82, 2.24) is 0 Å². The van der Waals surface area contributed by atoms with Gasteiger partial charge in [0.05, 0.1) is 11.1 Å². The molecule has 0 amide bonds. The second-order valence-electron chi connectivity index (χ2n) is 4.40. The lowest BCUT2D eigenvalue weighted by Gasteiger charge is -2.20. The lowest BCUT2D eigenvalue weighted by Crippen LogP contribution is -2.21. The number of phenols is 2. The zero-order valence-corrected chi connectivity index (χ0v) is 11.7. The van der Waals surface area contributed by atoms with Gasteiger partial charge in [0.2, 0.25) is 0 Å². The molecular weight excluding hydrogens is 296 g/mol. The Labute approximate surface area is 124 Å². The SMILES string of the molecule is O=C1c2cc(S)c(S)cc2C(=O)c2c(O)ccc(O)c21. The van der Waals surface area contributed by atoms with E-state index in [2.05, 4.69) is 25.3 Å². The van der Waals surface area contributed by atoms with Crippen molar-refractivity contribution in [2.45, 2.75) is 9.79 Å². The zero-order chi connectivity index (χ0) is 14.6. The van der Waals surface area contributed by atoms with E-state index in [1.165, 1.54) is 24.3 Å². The molecule has 0 aromatic heterocycles. The molecule has 0 aliphatic heterocycles. The standard InChI is InChI=1S/C14H8O4S2/c15-7-1-2-8(16)12-11(7)13(17)5-3-9(19)10(20)4-6(5)14(12)18/h1-4,15-16,19-20H. The van der Waals surface area contributed by atoms with Crippen LogP contribution in [0.4, 0.5) is 0 Å². The lowest BCUT2D eigenvalue weighted by molar-refractivity contribution is 0.0973. The summed E-state index contributed by atoms with van der Waals surface area (Å²) >= 11 is 8.33. The molecule has 0 fully saturated rings. The van der Waals surface area contributed by atoms with Crippen LogP contribution in [0.3, 0.4) is 0 Å². The highest BCUT2D eigenvalue weighted by molar-refractivity contribution is 7.83. The van der Waals surface area contributed by atoms with Gasteiger partial charge in [0, 0.05) is 20.9 Å². The van der Waals surface area contributed by atoms with Crippen LogP contribution in [-0.2, 0) is 0 Å². The summed E-state index contributed by atoms with van der Waals surface area (Å²) in [5, 5.41) is 19.6. The third-order valence-corrected chi connectivity index (χ3v) is 4.14. The Kier molecular flexibility index (Phi) is 2.81. The number of aromatic hydroxyl groups is 2. The largest absolute Gasteiger partial charge is 0.507 e. The quantitative estimate of drug-likeness (QED) is 0.380. The van der Waals surface area contributed by atoms with Gasteiger partial charge in [0.1, 0.15) is 11.5 Å². The molecule has 3 rings (SSSR count). The van der Waals surface area contributed by atoms with E-state index < -0.39 is 11.6 Å². The Bertz CT molecular complexity index is 730. The van der Waals surface area contributed by atoms with Crippen molar-refractivity contribution in [2.24, 2.45) is 0 Å². The average Bonchev–Trinajstić information content (AvgIpc) is 2.41. The van der Waals surface area contributed by atoms with E-state index in [-0.39, 0.29) is 33.8 Å². The topological polar surface area (TPSA) is 74.6 Å². The minimum Gasteiger partial charge on any atom is -0.507 e. The summed E-state index contributed by atoms with van der Waals surface area (Å²) in [4.78, 5) is 25.7. The van der Waals surface area contributed by atoms with Crippen molar-refractivity contribution in [3.05, 3.63) is 46.5 Å². The van der Waals surface area contributed by atoms with Gasteiger partial charge in [-0.25, -0.2) is 0 Å². The molecule has 0 bridgehead atoms. The highest BCUT2D eigenvalue weighted by Gasteiger charge is 2.34. The fourth-order valence-electron chi connectivity index (χ4n) is 2.26. The normalized spacial score (nSPS) is 13.1. The third kappa shape index (κ3) is 1.65. The molecule has 0 unspecified atom stereocenters. The molecule has 0 heterocycles. The van der Waals surface area contributed by atoms with E-state index in [0.717, 1.165) is 0 Å². The van der Waals surface area contributed by atoms with E-state index >= 15 is 0 Å². The van der Waals surface area contributed by atoms with Crippen LogP contribution in [-0.4, -0.2) is 21.8 Å². The molecule has 4 nitrogen and oxygen atoms in total. The second-order valence-corrected chi connectivity index (χ2v) is 5.36. The number of thiol groups is 2. The number of phenolic OH excluding ortho intramolecular Hbond substituents is 2. The van der Waals surface area contributed by atoms with Crippen molar-refractivity contribution in [2.75, 3.05) is 0 Å². The number of ketones is 2. The highest BCUT2D eigenvalue weighted by Crippen LogP contribution is 2.39. The molecule has 20 heavy (non-hydrogen) atoms. The first-order valence-corrected chi connectivity index (χ1v) is 6.51. The van der Waals surface area contributed by atoms with Gasteiger partial charge in [-0.15, -0.1) is 25.3 Å². The summed E-state index contributed by atoms with van der Waals surface area (Å²) in [5.41, 5.74) is -0.0679. The zero-order valence-electron chi connectivity index (χ0n) is 9.91. The molecule has 0 saturated heterocycles.